The number of carbonyl (C=O) groups is 1. The Bertz CT molecular complexity index is 1240. The Labute approximate surface area is 179 Å². The summed E-state index contributed by atoms with van der Waals surface area (Å²) in [6, 6.07) is 12.5. The van der Waals surface area contributed by atoms with Gasteiger partial charge in [-0.2, -0.15) is 13.2 Å². The zero-order valence-corrected chi connectivity index (χ0v) is 17.4. The van der Waals surface area contributed by atoms with Gasteiger partial charge in [-0.05, 0) is 42.7 Å². The number of rotatable bonds is 4. The molecule has 1 aliphatic heterocycles. The van der Waals surface area contributed by atoms with Gasteiger partial charge in [0.05, 0.1) is 10.6 Å². The Morgan fingerprint density at radius 3 is 2.61 bits per heavy atom. The Balaban J connectivity index is 1.60. The van der Waals surface area contributed by atoms with E-state index in [1.807, 2.05) is 12.1 Å². The predicted molar refractivity (Wildman–Crippen MR) is 109 cm³/mol. The molecule has 0 saturated heterocycles. The molecule has 1 N–H and O–H groups in total. The Morgan fingerprint density at radius 2 is 1.87 bits per heavy atom. The van der Waals surface area contributed by atoms with Crippen LogP contribution in [0.4, 0.5) is 24.0 Å². The zero-order chi connectivity index (χ0) is 22.2. The van der Waals surface area contributed by atoms with E-state index in [4.69, 9.17) is 0 Å². The minimum absolute atomic E-state index is 0.0323. The van der Waals surface area contributed by atoms with Crippen LogP contribution in [0.25, 0.3) is 0 Å². The van der Waals surface area contributed by atoms with Crippen molar-refractivity contribution in [2.75, 3.05) is 16.2 Å². The number of sulfonamides is 1. The lowest BCUT2D eigenvalue weighted by Crippen LogP contribution is -2.35. The van der Waals surface area contributed by atoms with Gasteiger partial charge in [-0.1, -0.05) is 35.6 Å². The number of aromatic nitrogens is 2. The van der Waals surface area contributed by atoms with Crippen molar-refractivity contribution in [1.29, 1.82) is 0 Å². The Morgan fingerprint density at radius 1 is 1.10 bits per heavy atom. The predicted octanol–water partition coefficient (Wildman–Crippen LogP) is 3.95. The van der Waals surface area contributed by atoms with Gasteiger partial charge >= 0.3 is 6.18 Å². The van der Waals surface area contributed by atoms with Crippen LogP contribution in [0.2, 0.25) is 0 Å². The van der Waals surface area contributed by atoms with E-state index in [1.165, 1.54) is 28.6 Å². The SMILES string of the molecule is O=C(Nc1nnc(C(F)(F)F)s1)c1cccc(S(=O)(=O)N2CCCc3ccccc32)c1. The van der Waals surface area contributed by atoms with Crippen molar-refractivity contribution in [3.05, 3.63) is 64.7 Å². The Hall–Kier alpha value is -2.99. The van der Waals surface area contributed by atoms with Crippen LogP contribution >= 0.6 is 11.3 Å². The summed E-state index contributed by atoms with van der Waals surface area (Å²) in [6.45, 7) is 0.306. The molecule has 2 aromatic carbocycles. The third kappa shape index (κ3) is 4.26. The summed E-state index contributed by atoms with van der Waals surface area (Å²) in [6.07, 6.45) is -3.24. The number of alkyl halides is 3. The number of hydrogen-bond acceptors (Lipinski definition) is 6. The molecular formula is C19H15F3N4O3S2. The van der Waals surface area contributed by atoms with E-state index in [2.05, 4.69) is 15.5 Å². The largest absolute Gasteiger partial charge is 0.445 e. The number of hydrogen-bond donors (Lipinski definition) is 1. The van der Waals surface area contributed by atoms with Crippen LogP contribution in [0.5, 0.6) is 0 Å². The summed E-state index contributed by atoms with van der Waals surface area (Å²) < 4.78 is 65.8. The summed E-state index contributed by atoms with van der Waals surface area (Å²) in [5, 5.41) is 7.00. The summed E-state index contributed by atoms with van der Waals surface area (Å²) in [5.41, 5.74) is 1.48. The third-order valence-corrected chi connectivity index (χ3v) is 7.33. The number of fused-ring (bicyclic) bond motifs is 1. The van der Waals surface area contributed by atoms with Crippen LogP contribution < -0.4 is 9.62 Å². The van der Waals surface area contributed by atoms with Gasteiger partial charge in [0.1, 0.15) is 0 Å². The average Bonchev–Trinajstić information content (AvgIpc) is 3.22. The first kappa shape index (κ1) is 21.2. The van der Waals surface area contributed by atoms with Crippen LogP contribution in [0, 0.1) is 0 Å². The molecule has 2 heterocycles. The molecule has 31 heavy (non-hydrogen) atoms. The van der Waals surface area contributed by atoms with Gasteiger partial charge in [0.25, 0.3) is 15.9 Å². The maximum absolute atomic E-state index is 13.2. The lowest BCUT2D eigenvalue weighted by atomic mass is 10.0. The molecule has 1 aromatic heterocycles. The maximum Gasteiger partial charge on any atom is 0.445 e. The van der Waals surface area contributed by atoms with Gasteiger partial charge in [0.2, 0.25) is 10.1 Å². The van der Waals surface area contributed by atoms with Crippen molar-refractivity contribution in [2.24, 2.45) is 0 Å². The van der Waals surface area contributed by atoms with Gasteiger partial charge in [0.15, 0.2) is 0 Å². The number of amides is 1. The minimum Gasteiger partial charge on any atom is -0.296 e. The van der Waals surface area contributed by atoms with E-state index in [-0.39, 0.29) is 26.9 Å². The molecule has 0 atom stereocenters. The second-order valence-electron chi connectivity index (χ2n) is 6.70. The van der Waals surface area contributed by atoms with Crippen LogP contribution in [0.3, 0.4) is 0 Å². The quantitative estimate of drug-likeness (QED) is 0.626. The van der Waals surface area contributed by atoms with Crippen molar-refractivity contribution in [3.8, 4) is 0 Å². The number of benzene rings is 2. The molecule has 7 nitrogen and oxygen atoms in total. The highest BCUT2D eigenvalue weighted by Gasteiger charge is 2.36. The monoisotopic (exact) mass is 468 g/mol. The molecule has 0 saturated carbocycles. The first-order valence-corrected chi connectivity index (χ1v) is 11.3. The number of anilines is 2. The Kier molecular flexibility index (Phi) is 5.43. The number of aryl methyl sites for hydroxylation is 1. The lowest BCUT2D eigenvalue weighted by Gasteiger charge is -2.30. The molecule has 162 valence electrons. The molecule has 1 aliphatic rings. The number of nitrogens with one attached hydrogen (secondary N) is 1. The van der Waals surface area contributed by atoms with Gasteiger partial charge < -0.3 is 0 Å². The molecule has 0 spiro atoms. The van der Waals surface area contributed by atoms with Crippen molar-refractivity contribution in [2.45, 2.75) is 23.9 Å². The molecule has 3 aromatic rings. The standard InChI is InChI=1S/C19H15F3N4O3S2/c20-19(21,22)17-24-25-18(30-17)23-16(27)13-6-3-8-14(11-13)31(28,29)26-10-4-7-12-5-1-2-9-15(12)26/h1-3,5-6,8-9,11H,4,7,10H2,(H,23,25,27). The third-order valence-electron chi connectivity index (χ3n) is 4.64. The van der Waals surface area contributed by atoms with Crippen molar-refractivity contribution in [1.82, 2.24) is 10.2 Å². The molecular weight excluding hydrogens is 453 g/mol. The molecule has 0 bridgehead atoms. The fraction of sp³-hybridized carbons (Fsp3) is 0.211. The highest BCUT2D eigenvalue weighted by molar-refractivity contribution is 7.92. The van der Waals surface area contributed by atoms with Gasteiger partial charge in [-0.15, -0.1) is 10.2 Å². The second kappa shape index (κ2) is 7.93. The molecule has 0 unspecified atom stereocenters. The number of carbonyl (C=O) groups excluding carboxylic acids is 1. The summed E-state index contributed by atoms with van der Waals surface area (Å²) >= 11 is 0.182. The first-order chi connectivity index (χ1) is 14.7. The van der Waals surface area contributed by atoms with Crippen LogP contribution in [0.15, 0.2) is 53.4 Å². The van der Waals surface area contributed by atoms with E-state index >= 15 is 0 Å². The van der Waals surface area contributed by atoms with E-state index in [9.17, 15) is 26.4 Å². The summed E-state index contributed by atoms with van der Waals surface area (Å²) in [5.74, 6) is -0.791. The molecule has 0 fully saturated rings. The molecule has 12 heteroatoms. The number of para-hydroxylation sites is 1. The summed E-state index contributed by atoms with van der Waals surface area (Å²) in [4.78, 5) is 12.4. The first-order valence-electron chi connectivity index (χ1n) is 9.09. The molecule has 4 rings (SSSR count). The van der Waals surface area contributed by atoms with E-state index < -0.39 is 27.1 Å². The van der Waals surface area contributed by atoms with Crippen molar-refractivity contribution >= 4 is 38.1 Å². The minimum atomic E-state index is -4.67. The van der Waals surface area contributed by atoms with Crippen LogP contribution in [-0.4, -0.2) is 31.1 Å². The second-order valence-corrected chi connectivity index (χ2v) is 9.54. The summed E-state index contributed by atoms with van der Waals surface area (Å²) in [7, 11) is -3.94. The highest BCUT2D eigenvalue weighted by Crippen LogP contribution is 2.34. The van der Waals surface area contributed by atoms with E-state index in [0.717, 1.165) is 12.0 Å². The molecule has 0 radical (unpaired) electrons. The fourth-order valence-electron chi connectivity index (χ4n) is 3.23. The topological polar surface area (TPSA) is 92.3 Å². The van der Waals surface area contributed by atoms with E-state index in [1.54, 1.807) is 12.1 Å². The average molecular weight is 468 g/mol. The fourth-order valence-corrected chi connectivity index (χ4v) is 5.42. The highest BCUT2D eigenvalue weighted by atomic mass is 32.2. The van der Waals surface area contributed by atoms with Crippen molar-refractivity contribution < 1.29 is 26.4 Å². The van der Waals surface area contributed by atoms with Crippen LogP contribution in [0.1, 0.15) is 27.3 Å². The molecule has 0 aliphatic carbocycles. The van der Waals surface area contributed by atoms with Gasteiger partial charge in [0, 0.05) is 12.1 Å². The number of nitrogens with zero attached hydrogens (tertiary/aromatic N) is 3. The van der Waals surface area contributed by atoms with E-state index in [0.29, 0.717) is 18.7 Å². The zero-order valence-electron chi connectivity index (χ0n) is 15.8. The molecule has 1 amide bonds. The smallest absolute Gasteiger partial charge is 0.296 e. The van der Waals surface area contributed by atoms with Gasteiger partial charge in [-0.25, -0.2) is 8.42 Å². The number of halogens is 3. The van der Waals surface area contributed by atoms with Crippen LogP contribution in [-0.2, 0) is 22.6 Å². The lowest BCUT2D eigenvalue weighted by molar-refractivity contribution is -0.138. The maximum atomic E-state index is 13.2. The van der Waals surface area contributed by atoms with Crippen molar-refractivity contribution in [3.63, 3.8) is 0 Å². The van der Waals surface area contributed by atoms with Gasteiger partial charge in [-0.3, -0.25) is 14.4 Å². The normalized spacial score (nSPS) is 14.2.